The van der Waals surface area contributed by atoms with Gasteiger partial charge in [0.15, 0.2) is 5.78 Å². The lowest BCUT2D eigenvalue weighted by Gasteiger charge is -2.39. The molecule has 0 saturated carbocycles. The highest BCUT2D eigenvalue weighted by Gasteiger charge is 2.42. The van der Waals surface area contributed by atoms with Crippen LogP contribution in [0.2, 0.25) is 5.02 Å². The van der Waals surface area contributed by atoms with Gasteiger partial charge in [0.25, 0.3) is 0 Å². The summed E-state index contributed by atoms with van der Waals surface area (Å²) in [6.07, 6.45) is -5.82. The molecule has 3 heterocycles. The van der Waals surface area contributed by atoms with Gasteiger partial charge in [-0.2, -0.15) is 17.5 Å². The number of carbonyl (C=O) groups is 2. The molecule has 2 bridgehead atoms. The molecule has 49 heavy (non-hydrogen) atoms. The van der Waals surface area contributed by atoms with Crippen molar-refractivity contribution in [1.82, 2.24) is 14.9 Å². The predicted octanol–water partition coefficient (Wildman–Crippen LogP) is 5.55. The Morgan fingerprint density at radius 3 is 2.63 bits per heavy atom. The first-order valence-electron chi connectivity index (χ1n) is 16.5. The Bertz CT molecular complexity index is 1580. The van der Waals surface area contributed by atoms with Crippen LogP contribution in [0.1, 0.15) is 61.1 Å². The first-order valence-corrected chi connectivity index (χ1v) is 18.5. The number of Topliss-reactive ketones (excluding diaryl/α,β-unsaturated/α-hetero) is 1. The molecule has 5 rings (SSSR count). The molecule has 9 nitrogen and oxygen atoms in total. The molecule has 7 atom stereocenters. The summed E-state index contributed by atoms with van der Waals surface area (Å²) in [5, 5.41) is 6.45. The topological polar surface area (TPSA) is 114 Å². The lowest BCUT2D eigenvalue weighted by Crippen LogP contribution is -2.57. The van der Waals surface area contributed by atoms with Crippen molar-refractivity contribution >= 4 is 33.5 Å². The zero-order chi connectivity index (χ0) is 35.3. The Balaban J connectivity index is 1.42. The first kappa shape index (κ1) is 37.5. The van der Waals surface area contributed by atoms with Crippen molar-refractivity contribution in [1.29, 1.82) is 0 Å². The Labute approximate surface area is 289 Å². The number of rotatable bonds is 11. The smallest absolute Gasteiger partial charge is 0.407 e. The summed E-state index contributed by atoms with van der Waals surface area (Å²) in [5.74, 6) is -2.26. The van der Waals surface area contributed by atoms with E-state index in [0.717, 1.165) is 13.5 Å². The van der Waals surface area contributed by atoms with Crippen LogP contribution in [0, 0.1) is 11.7 Å². The minimum Gasteiger partial charge on any atom is -0.453 e. The van der Waals surface area contributed by atoms with Crippen LogP contribution in [0.15, 0.2) is 42.5 Å². The van der Waals surface area contributed by atoms with Gasteiger partial charge in [-0.25, -0.2) is 17.6 Å². The average Bonchev–Trinajstić information content (AvgIpc) is 3.16. The standard InChI is InChI=1S/C34H42ClF4N3O6S/c1-47-33(44)41-32(31(21-7-9-24(35)10-8-21)23-13-14-48-27(16-23)18-34(37,38)39)30(43)17-22-4-2-6-29(36)28(22)12-11-26-19-40-25-5-3-15-49(45,46)42(26)20-25/h2,4,6-10,23,25-27,31-32,40H,3,5,11-20H2,1H3,(H,41,44)/t23-,25+,26-,27+,31-,32+/m0/s1. The van der Waals surface area contributed by atoms with Gasteiger partial charge in [-0.1, -0.05) is 35.9 Å². The number of hydrogen-bond acceptors (Lipinski definition) is 7. The van der Waals surface area contributed by atoms with E-state index in [4.69, 9.17) is 21.1 Å². The number of piperazine rings is 1. The number of ether oxygens (including phenoxy) is 2. The Morgan fingerprint density at radius 1 is 1.16 bits per heavy atom. The SMILES string of the molecule is COC(=O)N[C@H](C(=O)Cc1cccc(F)c1CC[C@H]1CN[C@@H]2CCCS(=O)(=O)N1C2)[C@@H](c1ccc(Cl)cc1)[C@H]1CCO[C@@H](CC(F)(F)F)C1. The summed E-state index contributed by atoms with van der Waals surface area (Å²) in [4.78, 5) is 27.0. The Kier molecular flexibility index (Phi) is 12.3. The normalized spacial score (nSPS) is 26.6. The van der Waals surface area contributed by atoms with Crippen molar-refractivity contribution in [3.63, 3.8) is 0 Å². The molecule has 3 saturated heterocycles. The summed E-state index contributed by atoms with van der Waals surface area (Å²) in [6.45, 7) is 0.825. The van der Waals surface area contributed by atoms with Crippen molar-refractivity contribution in [3.05, 3.63) is 70.0 Å². The molecule has 2 aromatic carbocycles. The highest BCUT2D eigenvalue weighted by molar-refractivity contribution is 7.89. The second-order valence-corrected chi connectivity index (χ2v) is 15.6. The van der Waals surface area contributed by atoms with Crippen LogP contribution in [-0.2, 0) is 37.1 Å². The maximum Gasteiger partial charge on any atom is 0.407 e. The average molecular weight is 732 g/mol. The summed E-state index contributed by atoms with van der Waals surface area (Å²) >= 11 is 6.15. The largest absolute Gasteiger partial charge is 0.453 e. The quantitative estimate of drug-likeness (QED) is 0.292. The van der Waals surface area contributed by atoms with E-state index >= 15 is 4.39 Å². The summed E-state index contributed by atoms with van der Waals surface area (Å²) < 4.78 is 93.3. The van der Waals surface area contributed by atoms with Gasteiger partial charge in [0.1, 0.15) is 5.82 Å². The minimum atomic E-state index is -4.46. The van der Waals surface area contributed by atoms with Gasteiger partial charge in [0.2, 0.25) is 10.0 Å². The van der Waals surface area contributed by atoms with Gasteiger partial charge >= 0.3 is 12.3 Å². The number of fused-ring (bicyclic) bond motifs is 2. The van der Waals surface area contributed by atoms with E-state index in [2.05, 4.69) is 10.6 Å². The van der Waals surface area contributed by atoms with E-state index in [1.54, 1.807) is 30.3 Å². The third kappa shape index (κ3) is 9.72. The summed E-state index contributed by atoms with van der Waals surface area (Å²) in [5.41, 5.74) is 1.22. The number of alkyl halides is 3. The van der Waals surface area contributed by atoms with Gasteiger partial charge < -0.3 is 20.1 Å². The monoisotopic (exact) mass is 731 g/mol. The molecule has 3 aliphatic heterocycles. The van der Waals surface area contributed by atoms with Crippen molar-refractivity contribution < 1.29 is 45.0 Å². The first-order chi connectivity index (χ1) is 23.2. The van der Waals surface area contributed by atoms with E-state index in [0.29, 0.717) is 48.5 Å². The third-order valence-corrected chi connectivity index (χ3v) is 12.1. The van der Waals surface area contributed by atoms with Crippen LogP contribution in [0.3, 0.4) is 0 Å². The van der Waals surface area contributed by atoms with Crippen LogP contribution in [0.4, 0.5) is 22.4 Å². The fraction of sp³-hybridized carbons (Fsp3) is 0.588. The van der Waals surface area contributed by atoms with Crippen LogP contribution in [-0.4, -0.2) is 87.6 Å². The van der Waals surface area contributed by atoms with Gasteiger partial charge in [0.05, 0.1) is 31.4 Å². The number of amides is 1. The van der Waals surface area contributed by atoms with Crippen molar-refractivity contribution in [2.24, 2.45) is 5.92 Å². The van der Waals surface area contributed by atoms with Crippen LogP contribution < -0.4 is 10.6 Å². The molecule has 270 valence electrons. The van der Waals surface area contributed by atoms with E-state index in [-0.39, 0.29) is 49.3 Å². The number of nitrogens with one attached hydrogen (secondary N) is 2. The molecule has 1 unspecified atom stereocenters. The lowest BCUT2D eigenvalue weighted by molar-refractivity contribution is -0.169. The number of alkyl carbamates (subject to hydrolysis) is 1. The zero-order valence-electron chi connectivity index (χ0n) is 27.2. The predicted molar refractivity (Wildman–Crippen MR) is 175 cm³/mol. The van der Waals surface area contributed by atoms with Crippen molar-refractivity contribution in [2.45, 2.75) is 87.7 Å². The number of sulfonamides is 1. The molecule has 0 radical (unpaired) electrons. The third-order valence-electron chi connectivity index (χ3n) is 9.86. The van der Waals surface area contributed by atoms with Gasteiger partial charge in [-0.15, -0.1) is 0 Å². The van der Waals surface area contributed by atoms with Gasteiger partial charge in [-0.05, 0) is 79.3 Å². The van der Waals surface area contributed by atoms with E-state index in [9.17, 15) is 31.2 Å². The number of hydrogen-bond donors (Lipinski definition) is 2. The fourth-order valence-corrected chi connectivity index (χ4v) is 9.45. The molecular formula is C34H42ClF4N3O6S. The maximum absolute atomic E-state index is 15.5. The summed E-state index contributed by atoms with van der Waals surface area (Å²) in [7, 11) is -2.32. The fourth-order valence-electron chi connectivity index (χ4n) is 7.52. The molecular weight excluding hydrogens is 690 g/mol. The molecule has 0 aromatic heterocycles. The minimum absolute atomic E-state index is 0.0136. The molecule has 2 N–H and O–H groups in total. The van der Waals surface area contributed by atoms with Gasteiger partial charge in [0, 0.05) is 49.1 Å². The molecule has 2 aromatic rings. The Hall–Kier alpha value is -2.78. The zero-order valence-corrected chi connectivity index (χ0v) is 28.8. The van der Waals surface area contributed by atoms with E-state index in [1.165, 1.54) is 16.4 Å². The molecule has 3 aliphatic rings. The molecule has 0 spiro atoms. The van der Waals surface area contributed by atoms with Crippen molar-refractivity contribution in [3.8, 4) is 0 Å². The molecule has 15 heteroatoms. The number of methoxy groups -OCH3 is 1. The van der Waals surface area contributed by atoms with Crippen LogP contribution in [0.5, 0.6) is 0 Å². The van der Waals surface area contributed by atoms with Gasteiger partial charge in [-0.3, -0.25) is 4.79 Å². The number of benzene rings is 2. The Morgan fingerprint density at radius 2 is 1.92 bits per heavy atom. The highest BCUT2D eigenvalue weighted by atomic mass is 35.5. The molecule has 3 fully saturated rings. The molecule has 0 aliphatic carbocycles. The maximum atomic E-state index is 15.5. The van der Waals surface area contributed by atoms with Crippen molar-refractivity contribution in [2.75, 3.05) is 32.6 Å². The number of halogens is 5. The van der Waals surface area contributed by atoms with Crippen LogP contribution >= 0.6 is 11.6 Å². The van der Waals surface area contributed by atoms with E-state index < -0.39 is 64.3 Å². The lowest BCUT2D eigenvalue weighted by atomic mass is 9.73. The summed E-state index contributed by atoms with van der Waals surface area (Å²) in [6, 6.07) is 9.38. The highest BCUT2D eigenvalue weighted by Crippen LogP contribution is 2.40. The second kappa shape index (κ2) is 16.1. The number of carbonyl (C=O) groups excluding carboxylic acids is 2. The molecule has 1 amide bonds. The number of nitrogens with zero attached hydrogens (tertiary/aromatic N) is 1. The van der Waals surface area contributed by atoms with E-state index in [1.807, 2.05) is 0 Å². The van der Waals surface area contributed by atoms with Crippen LogP contribution in [0.25, 0.3) is 0 Å². The second-order valence-electron chi connectivity index (χ2n) is 13.1. The number of ketones is 1.